The molecular formula is C24H32N2O3. The van der Waals surface area contributed by atoms with Gasteiger partial charge in [-0.25, -0.2) is 0 Å². The standard InChI is InChI=1S/C24H32N2O3/c1-28-21-12-11-19(16-22(21)29-2)24(14-6-3-7-15-24)17-26-23(27)13-10-18-8-4-5-9-20(18)25/h4-5,8-9,11-12,16H,3,6-7,10,13-15,17,25H2,1-2H3,(H,26,27). The molecule has 0 bridgehead atoms. The number of hydrogen-bond acceptors (Lipinski definition) is 4. The maximum atomic E-state index is 12.6. The van der Waals surface area contributed by atoms with Gasteiger partial charge >= 0.3 is 0 Å². The number of hydrogen-bond donors (Lipinski definition) is 2. The molecule has 2 aromatic rings. The van der Waals surface area contributed by atoms with Crippen molar-refractivity contribution in [3.63, 3.8) is 0 Å². The number of anilines is 1. The van der Waals surface area contributed by atoms with Crippen LogP contribution in [0.25, 0.3) is 0 Å². The highest BCUT2D eigenvalue weighted by molar-refractivity contribution is 5.76. The highest BCUT2D eigenvalue weighted by Gasteiger charge is 2.35. The first-order valence-electron chi connectivity index (χ1n) is 10.4. The molecule has 5 heteroatoms. The number of carbonyl (C=O) groups is 1. The van der Waals surface area contributed by atoms with Gasteiger partial charge < -0.3 is 20.5 Å². The van der Waals surface area contributed by atoms with E-state index in [0.29, 0.717) is 19.4 Å². The number of benzene rings is 2. The molecule has 1 saturated carbocycles. The zero-order valence-corrected chi connectivity index (χ0v) is 17.5. The van der Waals surface area contributed by atoms with Gasteiger partial charge in [0.05, 0.1) is 14.2 Å². The number of methoxy groups -OCH3 is 2. The molecule has 0 heterocycles. The van der Waals surface area contributed by atoms with Crippen molar-refractivity contribution in [3.8, 4) is 11.5 Å². The molecule has 0 saturated heterocycles. The summed E-state index contributed by atoms with van der Waals surface area (Å²) in [6.45, 7) is 0.644. The van der Waals surface area contributed by atoms with E-state index in [1.165, 1.54) is 24.8 Å². The molecule has 1 aliphatic carbocycles. The lowest BCUT2D eigenvalue weighted by molar-refractivity contribution is -0.121. The number of nitrogens with two attached hydrogens (primary N) is 1. The van der Waals surface area contributed by atoms with Crippen LogP contribution in [-0.4, -0.2) is 26.7 Å². The van der Waals surface area contributed by atoms with Crippen LogP contribution < -0.4 is 20.5 Å². The minimum Gasteiger partial charge on any atom is -0.493 e. The van der Waals surface area contributed by atoms with Gasteiger partial charge in [-0.15, -0.1) is 0 Å². The fourth-order valence-corrected chi connectivity index (χ4v) is 4.33. The fourth-order valence-electron chi connectivity index (χ4n) is 4.33. The number of amides is 1. The number of nitrogen functional groups attached to an aromatic ring is 1. The molecule has 1 aliphatic rings. The van der Waals surface area contributed by atoms with Crippen molar-refractivity contribution in [1.29, 1.82) is 0 Å². The average Bonchev–Trinajstić information content (AvgIpc) is 2.77. The summed E-state index contributed by atoms with van der Waals surface area (Å²) in [6.07, 6.45) is 6.81. The summed E-state index contributed by atoms with van der Waals surface area (Å²) in [5, 5.41) is 3.20. The number of para-hydroxylation sites is 1. The summed E-state index contributed by atoms with van der Waals surface area (Å²) in [7, 11) is 3.31. The van der Waals surface area contributed by atoms with Crippen LogP contribution in [0.15, 0.2) is 42.5 Å². The molecule has 0 aliphatic heterocycles. The first-order chi connectivity index (χ1) is 14.1. The predicted octanol–water partition coefficient (Wildman–Crippen LogP) is 4.24. The van der Waals surface area contributed by atoms with Crippen molar-refractivity contribution in [1.82, 2.24) is 5.32 Å². The van der Waals surface area contributed by atoms with Crippen LogP contribution in [0.3, 0.4) is 0 Å². The number of nitrogens with one attached hydrogen (secondary N) is 1. The van der Waals surface area contributed by atoms with Crippen LogP contribution in [0.4, 0.5) is 5.69 Å². The van der Waals surface area contributed by atoms with Crippen LogP contribution >= 0.6 is 0 Å². The molecule has 0 aromatic heterocycles. The second-order valence-corrected chi connectivity index (χ2v) is 7.89. The Morgan fingerprint density at radius 1 is 1.03 bits per heavy atom. The molecule has 0 radical (unpaired) electrons. The van der Waals surface area contributed by atoms with Gasteiger partial charge in [-0.1, -0.05) is 43.5 Å². The van der Waals surface area contributed by atoms with E-state index in [1.807, 2.05) is 30.3 Å². The molecule has 2 aromatic carbocycles. The SMILES string of the molecule is COc1ccc(C2(CNC(=O)CCc3ccccc3N)CCCCC2)cc1OC. The van der Waals surface area contributed by atoms with Crippen molar-refractivity contribution in [2.24, 2.45) is 0 Å². The van der Waals surface area contributed by atoms with Crippen LogP contribution in [-0.2, 0) is 16.6 Å². The van der Waals surface area contributed by atoms with Gasteiger partial charge in [0, 0.05) is 24.1 Å². The molecule has 3 N–H and O–H groups in total. The van der Waals surface area contributed by atoms with E-state index in [1.54, 1.807) is 14.2 Å². The normalized spacial score (nSPS) is 15.5. The fraction of sp³-hybridized carbons (Fsp3) is 0.458. The molecule has 1 fully saturated rings. The van der Waals surface area contributed by atoms with E-state index >= 15 is 0 Å². The largest absolute Gasteiger partial charge is 0.493 e. The van der Waals surface area contributed by atoms with Gasteiger partial charge in [-0.05, 0) is 48.6 Å². The molecule has 0 spiro atoms. The van der Waals surface area contributed by atoms with Crippen LogP contribution in [0, 0.1) is 0 Å². The zero-order valence-electron chi connectivity index (χ0n) is 17.5. The number of rotatable bonds is 8. The van der Waals surface area contributed by atoms with E-state index in [0.717, 1.165) is 35.6 Å². The summed E-state index contributed by atoms with van der Waals surface area (Å²) < 4.78 is 10.9. The minimum absolute atomic E-state index is 0.0563. The van der Waals surface area contributed by atoms with Crippen molar-refractivity contribution in [2.45, 2.75) is 50.4 Å². The Balaban J connectivity index is 1.69. The highest BCUT2D eigenvalue weighted by Crippen LogP contribution is 2.42. The van der Waals surface area contributed by atoms with E-state index < -0.39 is 0 Å². The lowest BCUT2D eigenvalue weighted by Crippen LogP contribution is -2.42. The Bertz CT molecular complexity index is 829. The van der Waals surface area contributed by atoms with Crippen LogP contribution in [0.1, 0.15) is 49.7 Å². The summed E-state index contributed by atoms with van der Waals surface area (Å²) in [5.41, 5.74) is 8.91. The van der Waals surface area contributed by atoms with Crippen LogP contribution in [0.2, 0.25) is 0 Å². The molecule has 29 heavy (non-hydrogen) atoms. The van der Waals surface area contributed by atoms with E-state index in [-0.39, 0.29) is 11.3 Å². The molecule has 0 unspecified atom stereocenters. The number of ether oxygens (including phenoxy) is 2. The maximum Gasteiger partial charge on any atom is 0.220 e. The van der Waals surface area contributed by atoms with E-state index in [2.05, 4.69) is 17.4 Å². The molecular weight excluding hydrogens is 364 g/mol. The monoisotopic (exact) mass is 396 g/mol. The topological polar surface area (TPSA) is 73.6 Å². The molecule has 1 amide bonds. The zero-order chi connectivity index (χ0) is 20.7. The average molecular weight is 397 g/mol. The maximum absolute atomic E-state index is 12.6. The quantitative estimate of drug-likeness (QED) is 0.655. The Hall–Kier alpha value is -2.69. The molecule has 156 valence electrons. The molecule has 0 atom stereocenters. The van der Waals surface area contributed by atoms with Crippen molar-refractivity contribution in [2.75, 3.05) is 26.5 Å². The predicted molar refractivity (Wildman–Crippen MR) is 116 cm³/mol. The Morgan fingerprint density at radius 2 is 1.76 bits per heavy atom. The van der Waals surface area contributed by atoms with Gasteiger partial charge in [0.15, 0.2) is 11.5 Å². The molecule has 5 nitrogen and oxygen atoms in total. The summed E-state index contributed by atoms with van der Waals surface area (Å²) in [5.74, 6) is 1.53. The smallest absolute Gasteiger partial charge is 0.220 e. The highest BCUT2D eigenvalue weighted by atomic mass is 16.5. The minimum atomic E-state index is -0.0563. The second kappa shape index (κ2) is 9.68. The summed E-state index contributed by atoms with van der Waals surface area (Å²) >= 11 is 0. The second-order valence-electron chi connectivity index (χ2n) is 7.89. The van der Waals surface area contributed by atoms with Crippen molar-refractivity contribution >= 4 is 11.6 Å². The Labute approximate surface area is 173 Å². The van der Waals surface area contributed by atoms with Gasteiger partial charge in [0.2, 0.25) is 5.91 Å². The first-order valence-corrected chi connectivity index (χ1v) is 10.4. The summed E-state index contributed by atoms with van der Waals surface area (Å²) in [6, 6.07) is 13.9. The molecule has 3 rings (SSSR count). The van der Waals surface area contributed by atoms with Gasteiger partial charge in [0.1, 0.15) is 0 Å². The Morgan fingerprint density at radius 3 is 2.45 bits per heavy atom. The lowest BCUT2D eigenvalue weighted by Gasteiger charge is -2.38. The Kier molecular flexibility index (Phi) is 7.02. The van der Waals surface area contributed by atoms with Crippen molar-refractivity contribution < 1.29 is 14.3 Å². The summed E-state index contributed by atoms with van der Waals surface area (Å²) in [4.78, 5) is 12.6. The number of aryl methyl sites for hydroxylation is 1. The van der Waals surface area contributed by atoms with E-state index in [4.69, 9.17) is 15.2 Å². The van der Waals surface area contributed by atoms with Crippen molar-refractivity contribution in [3.05, 3.63) is 53.6 Å². The van der Waals surface area contributed by atoms with Gasteiger partial charge in [0.25, 0.3) is 0 Å². The van der Waals surface area contributed by atoms with Gasteiger partial charge in [-0.2, -0.15) is 0 Å². The third-order valence-electron chi connectivity index (χ3n) is 6.11. The van der Waals surface area contributed by atoms with Crippen LogP contribution in [0.5, 0.6) is 11.5 Å². The first kappa shape index (κ1) is 21.0. The lowest BCUT2D eigenvalue weighted by atomic mass is 9.69. The third kappa shape index (κ3) is 5.03. The van der Waals surface area contributed by atoms with Gasteiger partial charge in [-0.3, -0.25) is 4.79 Å². The van der Waals surface area contributed by atoms with E-state index in [9.17, 15) is 4.79 Å². The third-order valence-corrected chi connectivity index (χ3v) is 6.11. The number of carbonyl (C=O) groups excluding carboxylic acids is 1.